The summed E-state index contributed by atoms with van der Waals surface area (Å²) in [6, 6.07) is 5.03. The fourth-order valence-electron chi connectivity index (χ4n) is 6.66. The summed E-state index contributed by atoms with van der Waals surface area (Å²) in [5, 5.41) is 9.24. The van der Waals surface area contributed by atoms with Gasteiger partial charge in [0.25, 0.3) is 5.91 Å². The lowest BCUT2D eigenvalue weighted by Crippen LogP contribution is -2.55. The third kappa shape index (κ3) is 4.47. The Balaban J connectivity index is 1.59. The van der Waals surface area contributed by atoms with Crippen molar-refractivity contribution in [3.05, 3.63) is 53.6 Å². The van der Waals surface area contributed by atoms with Crippen molar-refractivity contribution in [1.82, 2.24) is 4.90 Å². The third-order valence-corrected chi connectivity index (χ3v) is 8.37. The molecule has 4 aliphatic heterocycles. The van der Waals surface area contributed by atoms with Crippen LogP contribution < -0.4 is 4.90 Å². The second-order valence-electron chi connectivity index (χ2n) is 10.8. The second-order valence-corrected chi connectivity index (χ2v) is 10.8. The van der Waals surface area contributed by atoms with Gasteiger partial charge in [-0.05, 0) is 63.5 Å². The Hall–Kier alpha value is -2.97. The van der Waals surface area contributed by atoms with Gasteiger partial charge in [0.05, 0.1) is 18.6 Å². The highest BCUT2D eigenvalue weighted by Crippen LogP contribution is 2.53. The van der Waals surface area contributed by atoms with E-state index in [9.17, 15) is 19.5 Å². The number of cyclic esters (lactones) is 1. The number of carbonyl (C=O) groups is 3. The minimum Gasteiger partial charge on any atom is -0.465 e. The standard InChI is InChI=1S/C30H38N2O6/c1-20-12-10-13-21(2)25(20)31-17-11-15-30-24(23-22(38-30)14-6-3-4-9-19-37-29(23)36)27(34)32(26(30)28(31)35)16-7-5-8-18-33/h6,10-15,22-24,26,33H,3-5,7-9,16-19H2,1-2H3/b14-6-/t22-,23+,24-,26?,30-/m0/s1. The van der Waals surface area contributed by atoms with Crippen LogP contribution in [0.15, 0.2) is 42.5 Å². The van der Waals surface area contributed by atoms with E-state index >= 15 is 0 Å². The molecule has 4 heterocycles. The van der Waals surface area contributed by atoms with Crippen LogP contribution >= 0.6 is 0 Å². The molecule has 2 fully saturated rings. The number of unbranched alkanes of at least 4 members (excludes halogenated alkanes) is 2. The molecule has 1 aromatic carbocycles. The molecular formula is C30H38N2O6. The third-order valence-electron chi connectivity index (χ3n) is 8.37. The summed E-state index contributed by atoms with van der Waals surface area (Å²) < 4.78 is 12.3. The van der Waals surface area contributed by atoms with E-state index in [1.54, 1.807) is 9.80 Å². The molecule has 2 amide bonds. The normalized spacial score (nSPS) is 31.9. The molecule has 1 unspecified atom stereocenters. The first-order valence-corrected chi connectivity index (χ1v) is 13.9. The molecule has 1 spiro atoms. The van der Waals surface area contributed by atoms with Gasteiger partial charge in [-0.3, -0.25) is 14.4 Å². The Kier molecular flexibility index (Phi) is 7.73. The van der Waals surface area contributed by atoms with Crippen LogP contribution in [-0.2, 0) is 23.9 Å². The van der Waals surface area contributed by atoms with Crippen molar-refractivity contribution in [3.63, 3.8) is 0 Å². The Morgan fingerprint density at radius 3 is 2.58 bits per heavy atom. The van der Waals surface area contributed by atoms with E-state index in [1.165, 1.54) is 0 Å². The van der Waals surface area contributed by atoms with Crippen molar-refractivity contribution in [2.45, 2.75) is 70.1 Å². The molecule has 2 saturated heterocycles. The number of hydrogen-bond acceptors (Lipinski definition) is 6. The van der Waals surface area contributed by atoms with Gasteiger partial charge in [-0.25, -0.2) is 0 Å². The summed E-state index contributed by atoms with van der Waals surface area (Å²) in [7, 11) is 0. The molecule has 38 heavy (non-hydrogen) atoms. The molecule has 8 nitrogen and oxygen atoms in total. The summed E-state index contributed by atoms with van der Waals surface area (Å²) in [5.74, 6) is -2.54. The maximum absolute atomic E-state index is 14.5. The summed E-state index contributed by atoms with van der Waals surface area (Å²) in [5.41, 5.74) is 1.53. The predicted molar refractivity (Wildman–Crippen MR) is 142 cm³/mol. The first kappa shape index (κ1) is 26.6. The summed E-state index contributed by atoms with van der Waals surface area (Å²) >= 11 is 0. The molecule has 0 aliphatic carbocycles. The van der Waals surface area contributed by atoms with Gasteiger partial charge >= 0.3 is 5.97 Å². The van der Waals surface area contributed by atoms with Gasteiger partial charge in [-0.2, -0.15) is 0 Å². The molecule has 1 aromatic rings. The van der Waals surface area contributed by atoms with E-state index in [0.29, 0.717) is 32.5 Å². The van der Waals surface area contributed by atoms with Crippen LogP contribution in [0.2, 0.25) is 0 Å². The predicted octanol–water partition coefficient (Wildman–Crippen LogP) is 3.23. The number of aryl methyl sites for hydroxylation is 2. The van der Waals surface area contributed by atoms with Crippen molar-refractivity contribution in [2.24, 2.45) is 11.8 Å². The number of amides is 2. The highest BCUT2D eigenvalue weighted by atomic mass is 16.6. The molecule has 1 N–H and O–H groups in total. The molecular weight excluding hydrogens is 484 g/mol. The van der Waals surface area contributed by atoms with Gasteiger partial charge in [-0.15, -0.1) is 0 Å². The van der Waals surface area contributed by atoms with E-state index in [4.69, 9.17) is 9.47 Å². The summed E-state index contributed by atoms with van der Waals surface area (Å²) in [4.78, 5) is 45.4. The first-order chi connectivity index (χ1) is 18.4. The molecule has 0 bridgehead atoms. The van der Waals surface area contributed by atoms with Crippen molar-refractivity contribution < 1.29 is 29.0 Å². The average Bonchev–Trinajstić information content (AvgIpc) is 3.27. The van der Waals surface area contributed by atoms with E-state index in [-0.39, 0.29) is 18.4 Å². The summed E-state index contributed by atoms with van der Waals surface area (Å²) in [6.07, 6.45) is 11.5. The zero-order valence-electron chi connectivity index (χ0n) is 22.3. The number of para-hydroxylation sites is 1. The zero-order chi connectivity index (χ0) is 26.9. The highest BCUT2D eigenvalue weighted by Gasteiger charge is 2.71. The number of benzene rings is 1. The Morgan fingerprint density at radius 2 is 1.82 bits per heavy atom. The smallest absolute Gasteiger partial charge is 0.312 e. The molecule has 0 aromatic heterocycles. The molecule has 0 saturated carbocycles. The number of aliphatic hydroxyl groups is 1. The number of carbonyl (C=O) groups excluding carboxylic acids is 3. The van der Waals surface area contributed by atoms with Crippen LogP contribution in [0.3, 0.4) is 0 Å². The molecule has 8 heteroatoms. The number of anilines is 1. The fraction of sp³-hybridized carbons (Fsp3) is 0.567. The quantitative estimate of drug-likeness (QED) is 0.350. The van der Waals surface area contributed by atoms with Crippen molar-refractivity contribution in [1.29, 1.82) is 0 Å². The minimum atomic E-state index is -1.26. The van der Waals surface area contributed by atoms with Crippen molar-refractivity contribution in [2.75, 3.05) is 31.2 Å². The molecule has 0 radical (unpaired) electrons. The number of hydrogen-bond donors (Lipinski definition) is 1. The monoisotopic (exact) mass is 522 g/mol. The maximum atomic E-state index is 14.5. The van der Waals surface area contributed by atoms with Gasteiger partial charge in [0.2, 0.25) is 5.91 Å². The second kappa shape index (κ2) is 11.0. The Morgan fingerprint density at radius 1 is 1.03 bits per heavy atom. The van der Waals surface area contributed by atoms with Crippen molar-refractivity contribution >= 4 is 23.5 Å². The number of rotatable bonds is 6. The maximum Gasteiger partial charge on any atom is 0.312 e. The van der Waals surface area contributed by atoms with Gasteiger partial charge in [-0.1, -0.05) is 42.5 Å². The molecule has 204 valence electrons. The topological polar surface area (TPSA) is 96.4 Å². The zero-order valence-corrected chi connectivity index (χ0v) is 22.3. The number of esters is 1. The first-order valence-electron chi connectivity index (χ1n) is 13.9. The lowest BCUT2D eigenvalue weighted by Gasteiger charge is -2.36. The average molecular weight is 523 g/mol. The van der Waals surface area contributed by atoms with Crippen LogP contribution in [0.1, 0.15) is 49.7 Å². The van der Waals surface area contributed by atoms with Crippen LogP contribution in [0.5, 0.6) is 0 Å². The van der Waals surface area contributed by atoms with E-state index < -0.39 is 35.6 Å². The van der Waals surface area contributed by atoms with E-state index in [1.807, 2.05) is 56.4 Å². The highest BCUT2D eigenvalue weighted by molar-refractivity contribution is 6.06. The molecule has 4 aliphatic rings. The lowest BCUT2D eigenvalue weighted by molar-refractivity contribution is -0.154. The number of nitrogens with zero attached hydrogens (tertiary/aromatic N) is 2. The van der Waals surface area contributed by atoms with E-state index in [2.05, 4.69) is 0 Å². The van der Waals surface area contributed by atoms with Gasteiger partial charge in [0, 0.05) is 25.4 Å². The lowest BCUT2D eigenvalue weighted by atomic mass is 9.78. The van der Waals surface area contributed by atoms with Gasteiger partial charge in [0.15, 0.2) is 0 Å². The van der Waals surface area contributed by atoms with Gasteiger partial charge in [0.1, 0.15) is 17.6 Å². The number of fused-ring (bicyclic) bond motifs is 2. The van der Waals surface area contributed by atoms with Crippen LogP contribution in [0, 0.1) is 25.7 Å². The fourth-order valence-corrected chi connectivity index (χ4v) is 6.66. The largest absolute Gasteiger partial charge is 0.465 e. The Bertz CT molecular complexity index is 1130. The minimum absolute atomic E-state index is 0.0803. The number of ether oxygens (including phenoxy) is 2. The van der Waals surface area contributed by atoms with E-state index in [0.717, 1.165) is 42.5 Å². The molecule has 5 atom stereocenters. The number of likely N-dealkylation sites (tertiary alicyclic amines) is 1. The SMILES string of the molecule is Cc1cccc(C)c1N1CC=C[C@]23O[C@H]4/C=C\CCCCOC(=O)[C@H]4[C@H]2C(=O)N(CCCCCO)C3C1=O. The Labute approximate surface area is 224 Å². The number of allylic oxidation sites excluding steroid dienone is 1. The van der Waals surface area contributed by atoms with Gasteiger partial charge < -0.3 is 24.4 Å². The van der Waals surface area contributed by atoms with Crippen molar-refractivity contribution in [3.8, 4) is 0 Å². The van der Waals surface area contributed by atoms with Crippen LogP contribution in [-0.4, -0.2) is 71.8 Å². The summed E-state index contributed by atoms with van der Waals surface area (Å²) in [6.45, 7) is 5.06. The van der Waals surface area contributed by atoms with Crippen LogP contribution in [0.4, 0.5) is 5.69 Å². The molecule has 5 rings (SSSR count). The number of aliphatic hydroxyl groups excluding tert-OH is 1. The van der Waals surface area contributed by atoms with Crippen LogP contribution in [0.25, 0.3) is 0 Å².